The van der Waals surface area contributed by atoms with Crippen molar-refractivity contribution in [3.63, 3.8) is 0 Å². The lowest BCUT2D eigenvalue weighted by Gasteiger charge is -2.39. The fourth-order valence-electron chi connectivity index (χ4n) is 5.23. The van der Waals surface area contributed by atoms with E-state index in [9.17, 15) is 8.42 Å². The van der Waals surface area contributed by atoms with E-state index in [0.717, 1.165) is 31.9 Å². The number of anilines is 1. The van der Waals surface area contributed by atoms with Crippen LogP contribution in [0.1, 0.15) is 28.6 Å². The molecule has 1 aliphatic heterocycles. The van der Waals surface area contributed by atoms with E-state index in [2.05, 4.69) is 80.8 Å². The van der Waals surface area contributed by atoms with Gasteiger partial charge in [0.1, 0.15) is 12.3 Å². The molecule has 0 radical (unpaired) electrons. The van der Waals surface area contributed by atoms with Crippen molar-refractivity contribution in [1.82, 2.24) is 29.9 Å². The van der Waals surface area contributed by atoms with Gasteiger partial charge in [-0.3, -0.25) is 4.90 Å². The van der Waals surface area contributed by atoms with E-state index >= 15 is 0 Å². The van der Waals surface area contributed by atoms with Gasteiger partial charge in [0.15, 0.2) is 0 Å². The highest BCUT2D eigenvalue weighted by molar-refractivity contribution is 7.89. The van der Waals surface area contributed by atoms with Gasteiger partial charge in [-0.05, 0) is 42.3 Å². The zero-order valence-electron chi connectivity index (χ0n) is 23.7. The predicted molar refractivity (Wildman–Crippen MR) is 162 cm³/mol. The average molecular weight is 597 g/mol. The van der Waals surface area contributed by atoms with Crippen LogP contribution in [0.25, 0.3) is 5.69 Å². The molecule has 0 spiro atoms. The smallest absolute Gasteiger partial charge is 0.238 e. The molecule has 0 bridgehead atoms. The Labute approximate surface area is 250 Å². The molecular weight excluding hydrogens is 564 g/mol. The lowest BCUT2D eigenvalue weighted by Crippen LogP contribution is -2.48. The Hall–Kier alpha value is -4.65. The zero-order valence-corrected chi connectivity index (χ0v) is 24.5. The third kappa shape index (κ3) is 6.72. The normalized spacial score (nSPS) is 14.3. The molecule has 6 rings (SSSR count). The predicted octanol–water partition coefficient (Wildman–Crippen LogP) is 3.50. The molecular formula is C31H32N8O3S. The first kappa shape index (κ1) is 28.5. The lowest BCUT2D eigenvalue weighted by atomic mass is 9.96. The van der Waals surface area contributed by atoms with Crippen molar-refractivity contribution >= 4 is 16.0 Å². The lowest BCUT2D eigenvalue weighted by molar-refractivity contribution is 0.211. The van der Waals surface area contributed by atoms with Gasteiger partial charge in [0.25, 0.3) is 0 Å². The number of hydrogen-bond donors (Lipinski definition) is 1. The Morgan fingerprint density at radius 2 is 1.49 bits per heavy atom. The molecule has 43 heavy (non-hydrogen) atoms. The summed E-state index contributed by atoms with van der Waals surface area (Å²) >= 11 is 0. The molecule has 0 atom stereocenters. The third-order valence-corrected chi connectivity index (χ3v) is 8.28. The maximum Gasteiger partial charge on any atom is 0.238 e. The van der Waals surface area contributed by atoms with Crippen LogP contribution >= 0.6 is 0 Å². The highest BCUT2D eigenvalue weighted by atomic mass is 32.2. The van der Waals surface area contributed by atoms with Crippen LogP contribution < -0.4 is 14.8 Å². The number of hydrogen-bond acceptors (Lipinski definition) is 9. The number of benzene rings is 3. The van der Waals surface area contributed by atoms with Crippen LogP contribution in [0.3, 0.4) is 0 Å². The summed E-state index contributed by atoms with van der Waals surface area (Å²) in [6.07, 6.45) is 1.72. The second kappa shape index (κ2) is 12.3. The van der Waals surface area contributed by atoms with Crippen LogP contribution in [-0.4, -0.2) is 64.5 Å². The Morgan fingerprint density at radius 1 is 0.860 bits per heavy atom. The van der Waals surface area contributed by atoms with Crippen LogP contribution in [0.5, 0.6) is 5.88 Å². The Morgan fingerprint density at radius 3 is 2.09 bits per heavy atom. The molecule has 2 N–H and O–H groups in total. The number of sulfonamides is 1. The number of piperazine rings is 1. The summed E-state index contributed by atoms with van der Waals surface area (Å²) in [5.74, 6) is 1.10. The number of nitrogens with zero attached hydrogens (tertiary/aromatic N) is 7. The van der Waals surface area contributed by atoms with E-state index < -0.39 is 10.0 Å². The fraction of sp³-hybridized carbons (Fsp3) is 0.226. The van der Waals surface area contributed by atoms with Crippen molar-refractivity contribution in [2.75, 3.05) is 31.1 Å². The Kier molecular flexibility index (Phi) is 8.14. The van der Waals surface area contributed by atoms with Crippen LogP contribution in [-0.2, 0) is 16.6 Å². The summed E-state index contributed by atoms with van der Waals surface area (Å²) < 4.78 is 30.6. The SMILES string of the molecule is Cc1cc(OCc2cn(-c3ccc(S(N)(=O)=O)cc3)nn2)nc(N2CCN(C(c3ccccc3)c3ccccc3)CC2)n1. The van der Waals surface area contributed by atoms with Gasteiger partial charge in [-0.1, -0.05) is 65.9 Å². The van der Waals surface area contributed by atoms with Crippen LogP contribution in [0, 0.1) is 6.92 Å². The van der Waals surface area contributed by atoms with Gasteiger partial charge in [0.05, 0.1) is 22.8 Å². The van der Waals surface area contributed by atoms with Gasteiger partial charge in [0, 0.05) is 37.9 Å². The monoisotopic (exact) mass is 596 g/mol. The van der Waals surface area contributed by atoms with Gasteiger partial charge >= 0.3 is 0 Å². The minimum atomic E-state index is -3.76. The number of aryl methyl sites for hydroxylation is 1. The summed E-state index contributed by atoms with van der Waals surface area (Å²) in [6.45, 7) is 5.40. The summed E-state index contributed by atoms with van der Waals surface area (Å²) in [4.78, 5) is 14.2. The van der Waals surface area contributed by atoms with Crippen molar-refractivity contribution in [2.45, 2.75) is 24.5 Å². The van der Waals surface area contributed by atoms with Crippen molar-refractivity contribution in [1.29, 1.82) is 0 Å². The molecule has 12 heteroatoms. The molecule has 3 heterocycles. The molecule has 0 amide bonds. The van der Waals surface area contributed by atoms with Crippen LogP contribution in [0.15, 0.2) is 102 Å². The molecule has 1 aliphatic rings. The number of primary sulfonamides is 1. The quantitative estimate of drug-likeness (QED) is 0.271. The van der Waals surface area contributed by atoms with Crippen molar-refractivity contribution in [2.24, 2.45) is 5.14 Å². The molecule has 0 unspecified atom stereocenters. The first-order chi connectivity index (χ1) is 20.8. The van der Waals surface area contributed by atoms with E-state index in [1.54, 1.807) is 29.1 Å². The molecule has 220 valence electrons. The summed E-state index contributed by atoms with van der Waals surface area (Å²) in [5, 5.41) is 13.5. The van der Waals surface area contributed by atoms with Crippen LogP contribution in [0.2, 0.25) is 0 Å². The minimum Gasteiger partial charge on any atom is -0.471 e. The second-order valence-electron chi connectivity index (χ2n) is 10.4. The van der Waals surface area contributed by atoms with Gasteiger partial charge in [-0.2, -0.15) is 4.98 Å². The molecule has 0 saturated carbocycles. The van der Waals surface area contributed by atoms with E-state index in [-0.39, 0.29) is 17.5 Å². The third-order valence-electron chi connectivity index (χ3n) is 7.35. The standard InChI is InChI=1S/C31H32N8O3S/c1-23-20-29(42-22-26-21-39(36-35-26)27-12-14-28(15-13-27)43(32,40)41)34-31(33-23)38-18-16-37(17-19-38)30(24-8-4-2-5-9-24)25-10-6-3-7-11-25/h2-15,20-21,30H,16-19,22H2,1H3,(H2,32,40,41). The Bertz CT molecular complexity index is 1730. The number of ether oxygens (including phenoxy) is 1. The van der Waals surface area contributed by atoms with E-state index in [1.807, 2.05) is 6.92 Å². The van der Waals surface area contributed by atoms with E-state index in [4.69, 9.17) is 19.8 Å². The Balaban J connectivity index is 1.11. The fourth-order valence-corrected chi connectivity index (χ4v) is 5.75. The van der Waals surface area contributed by atoms with Gasteiger partial charge in [0.2, 0.25) is 21.9 Å². The second-order valence-corrected chi connectivity index (χ2v) is 11.9. The van der Waals surface area contributed by atoms with E-state index in [1.165, 1.54) is 23.3 Å². The molecule has 5 aromatic rings. The van der Waals surface area contributed by atoms with Gasteiger partial charge in [-0.15, -0.1) is 5.10 Å². The number of aromatic nitrogens is 5. The van der Waals surface area contributed by atoms with Gasteiger partial charge in [-0.25, -0.2) is 23.2 Å². The largest absolute Gasteiger partial charge is 0.471 e. The summed E-state index contributed by atoms with van der Waals surface area (Å²) in [6, 6.07) is 29.3. The van der Waals surface area contributed by atoms with Crippen molar-refractivity contribution < 1.29 is 13.2 Å². The maximum atomic E-state index is 11.5. The molecule has 2 aromatic heterocycles. The molecule has 0 aliphatic carbocycles. The van der Waals surface area contributed by atoms with Crippen molar-refractivity contribution in [3.8, 4) is 11.6 Å². The summed E-state index contributed by atoms with van der Waals surface area (Å²) in [5.41, 5.74) is 4.61. The number of nitrogens with two attached hydrogens (primary N) is 1. The highest BCUT2D eigenvalue weighted by Gasteiger charge is 2.27. The minimum absolute atomic E-state index is 0.0310. The number of rotatable bonds is 9. The first-order valence-electron chi connectivity index (χ1n) is 14.0. The molecule has 3 aromatic carbocycles. The molecule has 1 fully saturated rings. The topological polar surface area (TPSA) is 132 Å². The maximum absolute atomic E-state index is 11.5. The molecule has 1 saturated heterocycles. The zero-order chi connectivity index (χ0) is 29.8. The van der Waals surface area contributed by atoms with E-state index in [0.29, 0.717) is 23.2 Å². The molecule has 11 nitrogen and oxygen atoms in total. The van der Waals surface area contributed by atoms with Crippen molar-refractivity contribution in [3.05, 3.63) is 120 Å². The van der Waals surface area contributed by atoms with Gasteiger partial charge < -0.3 is 9.64 Å². The van der Waals surface area contributed by atoms with Crippen LogP contribution in [0.4, 0.5) is 5.95 Å². The average Bonchev–Trinajstić information content (AvgIpc) is 3.50. The summed E-state index contributed by atoms with van der Waals surface area (Å²) in [7, 11) is -3.76. The highest BCUT2D eigenvalue weighted by Crippen LogP contribution is 2.30. The first-order valence-corrected chi connectivity index (χ1v) is 15.5.